The van der Waals surface area contributed by atoms with Crippen LogP contribution in [0.1, 0.15) is 38.5 Å². The maximum Gasteiger partial charge on any atom is 0.303 e. The van der Waals surface area contributed by atoms with Crippen molar-refractivity contribution < 1.29 is 18.3 Å². The first-order chi connectivity index (χ1) is 8.02. The molecule has 1 saturated heterocycles. The van der Waals surface area contributed by atoms with Crippen LogP contribution < -0.4 is 4.72 Å². The monoisotopic (exact) mass is 264 g/mol. The number of hydrogen-bond donors (Lipinski definition) is 2. The molecule has 1 fully saturated rings. The van der Waals surface area contributed by atoms with E-state index in [0.29, 0.717) is 32.5 Å². The van der Waals surface area contributed by atoms with Gasteiger partial charge in [0.05, 0.1) is 0 Å². The van der Waals surface area contributed by atoms with Crippen molar-refractivity contribution in [3.05, 3.63) is 0 Å². The van der Waals surface area contributed by atoms with Crippen molar-refractivity contribution in [1.29, 1.82) is 0 Å². The van der Waals surface area contributed by atoms with Crippen LogP contribution in [0.3, 0.4) is 0 Å². The van der Waals surface area contributed by atoms with Crippen molar-refractivity contribution in [3.63, 3.8) is 0 Å². The van der Waals surface area contributed by atoms with E-state index in [1.165, 1.54) is 4.31 Å². The van der Waals surface area contributed by atoms with Crippen LogP contribution in [0.4, 0.5) is 0 Å². The van der Waals surface area contributed by atoms with Crippen LogP contribution in [0.25, 0.3) is 0 Å². The van der Waals surface area contributed by atoms with Crippen LogP contribution in [0, 0.1) is 0 Å². The van der Waals surface area contributed by atoms with Gasteiger partial charge in [-0.3, -0.25) is 4.79 Å². The lowest BCUT2D eigenvalue weighted by Crippen LogP contribution is -2.39. The van der Waals surface area contributed by atoms with Crippen LogP contribution in [0.15, 0.2) is 0 Å². The lowest BCUT2D eigenvalue weighted by molar-refractivity contribution is -0.137. The van der Waals surface area contributed by atoms with E-state index < -0.39 is 16.2 Å². The summed E-state index contributed by atoms with van der Waals surface area (Å²) in [6.45, 7) is 1.60. The second kappa shape index (κ2) is 6.93. The number of unbranched alkanes of at least 4 members (excludes halogenated alkanes) is 2. The first-order valence-electron chi connectivity index (χ1n) is 5.99. The molecule has 0 atom stereocenters. The Morgan fingerprint density at radius 1 is 1.18 bits per heavy atom. The van der Waals surface area contributed by atoms with Crippen molar-refractivity contribution in [3.8, 4) is 0 Å². The third-order valence-electron chi connectivity index (χ3n) is 2.76. The molecular formula is C10H20N2O4S. The van der Waals surface area contributed by atoms with Crippen LogP contribution in [-0.4, -0.2) is 43.4 Å². The van der Waals surface area contributed by atoms with E-state index in [9.17, 15) is 13.2 Å². The van der Waals surface area contributed by atoms with Crippen molar-refractivity contribution in [2.24, 2.45) is 0 Å². The molecule has 1 rings (SSSR count). The van der Waals surface area contributed by atoms with Gasteiger partial charge in [-0.1, -0.05) is 6.42 Å². The number of aliphatic carboxylic acids is 1. The topological polar surface area (TPSA) is 86.7 Å². The predicted octanol–water partition coefficient (Wildman–Crippen LogP) is 0.562. The lowest BCUT2D eigenvalue weighted by Gasteiger charge is -2.15. The van der Waals surface area contributed by atoms with E-state index in [1.807, 2.05) is 0 Å². The second-order valence-corrected chi connectivity index (χ2v) is 5.97. The van der Waals surface area contributed by atoms with E-state index in [4.69, 9.17) is 5.11 Å². The first-order valence-corrected chi connectivity index (χ1v) is 7.43. The number of carboxylic acid groups (broad SMARTS) is 1. The minimum atomic E-state index is -3.30. The number of nitrogens with one attached hydrogen (secondary N) is 1. The summed E-state index contributed by atoms with van der Waals surface area (Å²) >= 11 is 0. The summed E-state index contributed by atoms with van der Waals surface area (Å²) in [7, 11) is -3.30. The summed E-state index contributed by atoms with van der Waals surface area (Å²) in [6, 6.07) is 0. The fourth-order valence-corrected chi connectivity index (χ4v) is 3.12. The van der Waals surface area contributed by atoms with Crippen LogP contribution in [0.2, 0.25) is 0 Å². The fourth-order valence-electron chi connectivity index (χ4n) is 1.80. The lowest BCUT2D eigenvalue weighted by atomic mass is 10.2. The zero-order valence-electron chi connectivity index (χ0n) is 9.89. The maximum absolute atomic E-state index is 11.7. The van der Waals surface area contributed by atoms with Gasteiger partial charge in [-0.25, -0.2) is 4.72 Å². The minimum Gasteiger partial charge on any atom is -0.481 e. The van der Waals surface area contributed by atoms with Crippen LogP contribution in [0.5, 0.6) is 0 Å². The predicted molar refractivity (Wildman–Crippen MR) is 63.8 cm³/mol. The molecule has 1 aliphatic heterocycles. The number of carbonyl (C=O) groups is 1. The SMILES string of the molecule is O=C(O)CCCCCNS(=O)(=O)N1CCCC1. The van der Waals surface area contributed by atoms with E-state index in [2.05, 4.69) is 4.72 Å². The van der Waals surface area contributed by atoms with Gasteiger partial charge in [0.15, 0.2) is 0 Å². The standard InChI is InChI=1S/C10H20N2O4S/c13-10(14)6-2-1-3-7-11-17(15,16)12-8-4-5-9-12/h11H,1-9H2,(H,13,14). The number of carboxylic acids is 1. The molecule has 0 amide bonds. The maximum atomic E-state index is 11.7. The van der Waals surface area contributed by atoms with Crippen molar-refractivity contribution in [1.82, 2.24) is 9.03 Å². The molecule has 0 bridgehead atoms. The molecule has 0 unspecified atom stereocenters. The quantitative estimate of drug-likeness (QED) is 0.627. The summed E-state index contributed by atoms with van der Waals surface area (Å²) in [5, 5.41) is 8.42. The Hall–Kier alpha value is -0.660. The van der Waals surface area contributed by atoms with Gasteiger partial charge in [-0.15, -0.1) is 0 Å². The highest BCUT2D eigenvalue weighted by Gasteiger charge is 2.24. The molecule has 2 N–H and O–H groups in total. The number of rotatable bonds is 8. The Labute approximate surface area is 102 Å². The summed E-state index contributed by atoms with van der Waals surface area (Å²) in [6.07, 6.45) is 4.02. The zero-order chi connectivity index (χ0) is 12.7. The normalized spacial score (nSPS) is 17.4. The summed E-state index contributed by atoms with van der Waals surface area (Å²) in [5.74, 6) is -0.803. The largest absolute Gasteiger partial charge is 0.481 e. The molecule has 0 aromatic carbocycles. The van der Waals surface area contributed by atoms with Crippen molar-refractivity contribution in [2.45, 2.75) is 38.5 Å². The third kappa shape index (κ3) is 5.47. The van der Waals surface area contributed by atoms with Gasteiger partial charge in [0.2, 0.25) is 0 Å². The smallest absolute Gasteiger partial charge is 0.303 e. The third-order valence-corrected chi connectivity index (χ3v) is 4.37. The average Bonchev–Trinajstić information content (AvgIpc) is 2.76. The number of nitrogens with zero attached hydrogens (tertiary/aromatic N) is 1. The number of hydrogen-bond acceptors (Lipinski definition) is 3. The molecule has 0 aromatic heterocycles. The molecule has 1 heterocycles. The van der Waals surface area contributed by atoms with Gasteiger partial charge >= 0.3 is 5.97 Å². The first kappa shape index (κ1) is 14.4. The zero-order valence-corrected chi connectivity index (χ0v) is 10.7. The Bertz CT molecular complexity index is 336. The van der Waals surface area contributed by atoms with E-state index in [0.717, 1.165) is 19.3 Å². The highest BCUT2D eigenvalue weighted by Crippen LogP contribution is 2.11. The summed E-state index contributed by atoms with van der Waals surface area (Å²) in [4.78, 5) is 10.2. The molecule has 6 nitrogen and oxygen atoms in total. The van der Waals surface area contributed by atoms with E-state index in [-0.39, 0.29) is 6.42 Å². The van der Waals surface area contributed by atoms with Gasteiger partial charge in [0.1, 0.15) is 0 Å². The molecule has 7 heteroatoms. The highest BCUT2D eigenvalue weighted by atomic mass is 32.2. The van der Waals surface area contributed by atoms with Gasteiger partial charge in [-0.2, -0.15) is 12.7 Å². The average molecular weight is 264 g/mol. The van der Waals surface area contributed by atoms with Crippen LogP contribution >= 0.6 is 0 Å². The Kier molecular flexibility index (Phi) is 5.87. The fraction of sp³-hybridized carbons (Fsp3) is 0.900. The van der Waals surface area contributed by atoms with E-state index >= 15 is 0 Å². The molecule has 0 spiro atoms. The molecule has 1 aliphatic rings. The minimum absolute atomic E-state index is 0.152. The van der Waals surface area contributed by atoms with E-state index in [1.54, 1.807) is 0 Å². The molecular weight excluding hydrogens is 244 g/mol. The summed E-state index contributed by atoms with van der Waals surface area (Å²) in [5.41, 5.74) is 0. The molecule has 17 heavy (non-hydrogen) atoms. The van der Waals surface area contributed by atoms with Crippen LogP contribution in [-0.2, 0) is 15.0 Å². The Balaban J connectivity index is 2.11. The van der Waals surface area contributed by atoms with Gasteiger partial charge in [-0.05, 0) is 25.7 Å². The second-order valence-electron chi connectivity index (χ2n) is 4.21. The van der Waals surface area contributed by atoms with Gasteiger partial charge < -0.3 is 5.11 Å². The van der Waals surface area contributed by atoms with Gasteiger partial charge in [0.25, 0.3) is 10.2 Å². The molecule has 0 aliphatic carbocycles. The Morgan fingerprint density at radius 3 is 2.41 bits per heavy atom. The van der Waals surface area contributed by atoms with Crippen molar-refractivity contribution >= 4 is 16.2 Å². The van der Waals surface area contributed by atoms with Crippen molar-refractivity contribution in [2.75, 3.05) is 19.6 Å². The highest BCUT2D eigenvalue weighted by molar-refractivity contribution is 7.87. The Morgan fingerprint density at radius 2 is 1.82 bits per heavy atom. The molecule has 0 radical (unpaired) electrons. The van der Waals surface area contributed by atoms with Gasteiger partial charge in [0, 0.05) is 26.1 Å². The molecule has 0 saturated carbocycles. The summed E-state index contributed by atoms with van der Waals surface area (Å²) < 4.78 is 27.4. The molecule has 0 aromatic rings. The molecule has 100 valence electrons.